The van der Waals surface area contributed by atoms with Crippen molar-refractivity contribution >= 4 is 33.2 Å². The van der Waals surface area contributed by atoms with E-state index in [9.17, 15) is 4.79 Å². The van der Waals surface area contributed by atoms with Gasteiger partial charge in [-0.1, -0.05) is 30.3 Å². The van der Waals surface area contributed by atoms with E-state index in [-0.39, 0.29) is 5.91 Å². The van der Waals surface area contributed by atoms with Gasteiger partial charge in [0.2, 0.25) is 0 Å². The Balaban J connectivity index is 1.78. The standard InChI is InChI=1S/C17H15BrN2O2S/c1-22-14-8-15(11-5-3-2-4-6-11)23-16(14)17(21)20-10-13-7-12(18)9-19-13/h2-9,19H,10H2,1H3,(H,20,21). The lowest BCUT2D eigenvalue weighted by Gasteiger charge is -2.04. The number of benzene rings is 1. The zero-order valence-electron chi connectivity index (χ0n) is 12.4. The Hall–Kier alpha value is -2.05. The van der Waals surface area contributed by atoms with Crippen molar-refractivity contribution in [3.8, 4) is 16.2 Å². The molecule has 1 aromatic carbocycles. The van der Waals surface area contributed by atoms with Crippen LogP contribution < -0.4 is 10.1 Å². The number of halogens is 1. The number of carbonyl (C=O) groups excluding carboxylic acids is 1. The molecule has 1 amide bonds. The Kier molecular flexibility index (Phi) is 4.83. The first-order valence-corrected chi connectivity index (χ1v) is 8.62. The summed E-state index contributed by atoms with van der Waals surface area (Å²) < 4.78 is 6.32. The van der Waals surface area contributed by atoms with Crippen LogP contribution in [0.3, 0.4) is 0 Å². The summed E-state index contributed by atoms with van der Waals surface area (Å²) in [5.74, 6) is 0.457. The molecule has 0 atom stereocenters. The number of aromatic nitrogens is 1. The van der Waals surface area contributed by atoms with Gasteiger partial charge in [-0.25, -0.2) is 0 Å². The van der Waals surface area contributed by atoms with Gasteiger partial charge in [-0.2, -0.15) is 0 Å². The summed E-state index contributed by atoms with van der Waals surface area (Å²) in [7, 11) is 1.58. The molecular weight excluding hydrogens is 376 g/mol. The van der Waals surface area contributed by atoms with E-state index in [0.29, 0.717) is 17.2 Å². The smallest absolute Gasteiger partial charge is 0.265 e. The van der Waals surface area contributed by atoms with Crippen LogP contribution in [0.2, 0.25) is 0 Å². The second kappa shape index (κ2) is 7.02. The van der Waals surface area contributed by atoms with Crippen LogP contribution >= 0.6 is 27.3 Å². The van der Waals surface area contributed by atoms with E-state index in [2.05, 4.69) is 26.2 Å². The highest BCUT2D eigenvalue weighted by molar-refractivity contribution is 9.10. The molecule has 0 aliphatic rings. The number of rotatable bonds is 5. The summed E-state index contributed by atoms with van der Waals surface area (Å²) >= 11 is 4.80. The van der Waals surface area contributed by atoms with Gasteiger partial charge in [0, 0.05) is 21.2 Å². The normalized spacial score (nSPS) is 10.5. The third kappa shape index (κ3) is 3.65. The fourth-order valence-corrected chi connectivity index (χ4v) is 3.64. The molecule has 2 N–H and O–H groups in total. The van der Waals surface area contributed by atoms with Crippen LogP contribution in [0.4, 0.5) is 0 Å². The Labute approximate surface area is 146 Å². The van der Waals surface area contributed by atoms with Crippen molar-refractivity contribution in [2.24, 2.45) is 0 Å². The first kappa shape index (κ1) is 15.8. The van der Waals surface area contributed by atoms with Crippen LogP contribution in [-0.4, -0.2) is 18.0 Å². The molecule has 23 heavy (non-hydrogen) atoms. The molecule has 4 nitrogen and oxygen atoms in total. The van der Waals surface area contributed by atoms with Gasteiger partial charge in [0.1, 0.15) is 10.6 Å². The maximum atomic E-state index is 12.4. The summed E-state index contributed by atoms with van der Waals surface area (Å²) in [5.41, 5.74) is 2.01. The van der Waals surface area contributed by atoms with Crippen LogP contribution in [-0.2, 0) is 6.54 Å². The van der Waals surface area contributed by atoms with Crippen LogP contribution in [0.1, 0.15) is 15.4 Å². The van der Waals surface area contributed by atoms with Gasteiger partial charge in [-0.3, -0.25) is 4.79 Å². The van der Waals surface area contributed by atoms with Crippen molar-refractivity contribution in [1.29, 1.82) is 0 Å². The Morgan fingerprint density at radius 2 is 2.09 bits per heavy atom. The maximum Gasteiger partial charge on any atom is 0.265 e. The molecule has 0 saturated carbocycles. The largest absolute Gasteiger partial charge is 0.495 e. The predicted molar refractivity (Wildman–Crippen MR) is 96.0 cm³/mol. The number of amides is 1. The lowest BCUT2D eigenvalue weighted by Crippen LogP contribution is -2.22. The average Bonchev–Trinajstić information content (AvgIpc) is 3.19. The Morgan fingerprint density at radius 3 is 2.74 bits per heavy atom. The summed E-state index contributed by atoms with van der Waals surface area (Å²) in [4.78, 5) is 17.1. The zero-order chi connectivity index (χ0) is 16.2. The molecule has 0 radical (unpaired) electrons. The molecule has 0 fully saturated rings. The molecular formula is C17H15BrN2O2S. The number of thiophene rings is 1. The molecule has 0 spiro atoms. The van der Waals surface area contributed by atoms with Crippen molar-refractivity contribution in [2.45, 2.75) is 6.54 Å². The van der Waals surface area contributed by atoms with E-state index in [1.807, 2.05) is 48.7 Å². The van der Waals surface area contributed by atoms with Crippen molar-refractivity contribution < 1.29 is 9.53 Å². The fraction of sp³-hybridized carbons (Fsp3) is 0.118. The van der Waals surface area contributed by atoms with E-state index < -0.39 is 0 Å². The molecule has 0 unspecified atom stereocenters. The molecule has 0 aliphatic heterocycles. The molecule has 0 saturated heterocycles. The van der Waals surface area contributed by atoms with Crippen LogP contribution in [0.5, 0.6) is 5.75 Å². The van der Waals surface area contributed by atoms with Gasteiger partial charge < -0.3 is 15.0 Å². The lowest BCUT2D eigenvalue weighted by atomic mass is 10.2. The molecule has 3 rings (SSSR count). The molecule has 2 heterocycles. The van der Waals surface area contributed by atoms with Crippen molar-refractivity contribution in [3.05, 3.63) is 63.7 Å². The summed E-state index contributed by atoms with van der Waals surface area (Å²) in [6.07, 6.45) is 1.83. The number of nitrogens with one attached hydrogen (secondary N) is 2. The topological polar surface area (TPSA) is 54.1 Å². The average molecular weight is 391 g/mol. The summed E-state index contributed by atoms with van der Waals surface area (Å²) in [6, 6.07) is 13.8. The van der Waals surface area contributed by atoms with Crippen molar-refractivity contribution in [1.82, 2.24) is 10.3 Å². The second-order valence-electron chi connectivity index (χ2n) is 4.90. The Bertz CT molecular complexity index is 811. The number of ether oxygens (including phenoxy) is 1. The van der Waals surface area contributed by atoms with E-state index in [1.54, 1.807) is 7.11 Å². The highest BCUT2D eigenvalue weighted by Gasteiger charge is 2.17. The molecule has 0 aliphatic carbocycles. The van der Waals surface area contributed by atoms with Crippen LogP contribution in [0, 0.1) is 0 Å². The van der Waals surface area contributed by atoms with Crippen LogP contribution in [0.25, 0.3) is 10.4 Å². The quantitative estimate of drug-likeness (QED) is 0.676. The fourth-order valence-electron chi connectivity index (χ4n) is 2.20. The minimum atomic E-state index is -0.139. The van der Waals surface area contributed by atoms with Gasteiger partial charge >= 0.3 is 0 Å². The van der Waals surface area contributed by atoms with Gasteiger partial charge in [0.05, 0.1) is 13.7 Å². The van der Waals surface area contributed by atoms with E-state index in [4.69, 9.17) is 4.74 Å². The lowest BCUT2D eigenvalue weighted by molar-refractivity contribution is 0.0952. The third-order valence-electron chi connectivity index (χ3n) is 3.33. The number of hydrogen-bond donors (Lipinski definition) is 2. The zero-order valence-corrected chi connectivity index (χ0v) is 14.8. The minimum absolute atomic E-state index is 0.139. The molecule has 118 valence electrons. The first-order chi connectivity index (χ1) is 11.2. The number of methoxy groups -OCH3 is 1. The molecule has 2 aromatic heterocycles. The van der Waals surface area contributed by atoms with Gasteiger partial charge in [-0.15, -0.1) is 11.3 Å². The number of H-pyrrole nitrogens is 1. The highest BCUT2D eigenvalue weighted by atomic mass is 79.9. The van der Waals surface area contributed by atoms with E-state index in [0.717, 1.165) is 20.6 Å². The minimum Gasteiger partial charge on any atom is -0.495 e. The van der Waals surface area contributed by atoms with Crippen molar-refractivity contribution in [2.75, 3.05) is 7.11 Å². The maximum absolute atomic E-state index is 12.4. The Morgan fingerprint density at radius 1 is 1.30 bits per heavy atom. The summed E-state index contributed by atoms with van der Waals surface area (Å²) in [6.45, 7) is 0.437. The van der Waals surface area contributed by atoms with E-state index in [1.165, 1.54) is 11.3 Å². The first-order valence-electron chi connectivity index (χ1n) is 7.01. The SMILES string of the molecule is COc1cc(-c2ccccc2)sc1C(=O)NCc1cc(Br)c[nH]1. The third-order valence-corrected chi connectivity index (χ3v) is 4.95. The number of carbonyl (C=O) groups is 1. The summed E-state index contributed by atoms with van der Waals surface area (Å²) in [5, 5.41) is 2.91. The molecule has 6 heteroatoms. The number of aromatic amines is 1. The van der Waals surface area contributed by atoms with Crippen LogP contribution in [0.15, 0.2) is 53.1 Å². The van der Waals surface area contributed by atoms with E-state index >= 15 is 0 Å². The monoisotopic (exact) mass is 390 g/mol. The van der Waals surface area contributed by atoms with Crippen molar-refractivity contribution in [3.63, 3.8) is 0 Å². The molecule has 3 aromatic rings. The number of hydrogen-bond acceptors (Lipinski definition) is 3. The van der Waals surface area contributed by atoms with Gasteiger partial charge in [-0.05, 0) is 33.6 Å². The second-order valence-corrected chi connectivity index (χ2v) is 6.87. The van der Waals surface area contributed by atoms with Gasteiger partial charge in [0.15, 0.2) is 0 Å². The highest BCUT2D eigenvalue weighted by Crippen LogP contribution is 2.36. The molecule has 0 bridgehead atoms. The predicted octanol–water partition coefficient (Wildman–Crippen LogP) is 4.44. The van der Waals surface area contributed by atoms with Gasteiger partial charge in [0.25, 0.3) is 5.91 Å².